The highest BCUT2D eigenvalue weighted by Gasteiger charge is 2.64. The molecule has 2 aromatic rings. The number of amides is 4. The normalized spacial score (nSPS) is 31.1. The zero-order chi connectivity index (χ0) is 38.4. The lowest BCUT2D eigenvalue weighted by Gasteiger charge is -2.33. The van der Waals surface area contributed by atoms with Gasteiger partial charge in [-0.15, -0.1) is 0 Å². The van der Waals surface area contributed by atoms with E-state index in [1.807, 2.05) is 19.9 Å². The Morgan fingerprint density at radius 3 is 2.65 bits per heavy atom. The quantitative estimate of drug-likeness (QED) is 0.287. The molecule has 7 atom stereocenters. The predicted molar refractivity (Wildman–Crippen MR) is 192 cm³/mol. The summed E-state index contributed by atoms with van der Waals surface area (Å²) in [6.07, 6.45) is 5.56. The molecule has 4 heterocycles. The number of carboxylic acid groups (broad SMARTS) is 1. The molecule has 2 aliphatic carbocycles. The first-order valence-corrected chi connectivity index (χ1v) is 20.0. The molecular weight excluding hydrogens is 725 g/mol. The molecule has 1 saturated heterocycles. The standard InChI is InChI=1S/C37H46FN5O10S/c1-3-22-16-21(2)6-4-5-7-23-18-37(23,34(46)42-54(49,50)36(20-38)11-12-36)41-31(44)27-17-24(19-43(27)33(45)29(22)40-35(47)48)53-32-26-8-9-28-30(52-15-14-51-28)25(26)10-13-39-32/h5,7-10,13,21-24,27,29,40H,3-4,6,11-12,14-20H2,1-2H3,(H,41,44)(H,42,46)(H,47,48)/b7-5-/t21-,22-,23-,24-,27+,29+,37-/m1/s1. The van der Waals surface area contributed by atoms with Crippen LogP contribution in [0.2, 0.25) is 0 Å². The number of halogens is 1. The number of rotatable bonds is 8. The highest BCUT2D eigenvalue weighted by atomic mass is 32.2. The molecule has 1 aromatic heterocycles. The van der Waals surface area contributed by atoms with Gasteiger partial charge in [0.1, 0.15) is 48.4 Å². The third-order valence-electron chi connectivity index (χ3n) is 11.6. The fourth-order valence-electron chi connectivity index (χ4n) is 8.09. The van der Waals surface area contributed by atoms with E-state index in [2.05, 4.69) is 20.3 Å². The van der Waals surface area contributed by atoms with E-state index >= 15 is 0 Å². The summed E-state index contributed by atoms with van der Waals surface area (Å²) < 4.78 is 58.5. The summed E-state index contributed by atoms with van der Waals surface area (Å²) in [4.78, 5) is 60.6. The molecule has 4 N–H and O–H groups in total. The monoisotopic (exact) mass is 771 g/mol. The van der Waals surface area contributed by atoms with E-state index in [-0.39, 0.29) is 44.0 Å². The van der Waals surface area contributed by atoms with Crippen LogP contribution in [-0.4, -0.2) is 102 Å². The molecule has 5 aliphatic rings. The van der Waals surface area contributed by atoms with Crippen LogP contribution in [0, 0.1) is 17.8 Å². The Morgan fingerprint density at radius 1 is 1.15 bits per heavy atom. The summed E-state index contributed by atoms with van der Waals surface area (Å²) in [6, 6.07) is 2.88. The number of nitrogens with zero attached hydrogens (tertiary/aromatic N) is 2. The minimum atomic E-state index is -4.39. The van der Waals surface area contributed by atoms with Crippen molar-refractivity contribution in [2.75, 3.05) is 26.4 Å². The molecule has 0 unspecified atom stereocenters. The number of benzene rings is 1. The topological polar surface area (TPSA) is 203 Å². The maximum atomic E-state index is 14.5. The van der Waals surface area contributed by atoms with E-state index in [1.165, 1.54) is 4.90 Å². The minimum absolute atomic E-state index is 0.0470. The van der Waals surface area contributed by atoms with Gasteiger partial charge in [0, 0.05) is 29.3 Å². The average molecular weight is 772 g/mol. The van der Waals surface area contributed by atoms with Gasteiger partial charge in [0.15, 0.2) is 11.5 Å². The highest BCUT2D eigenvalue weighted by molar-refractivity contribution is 7.91. The van der Waals surface area contributed by atoms with Gasteiger partial charge < -0.3 is 34.9 Å². The fourth-order valence-corrected chi connectivity index (χ4v) is 9.52. The Balaban J connectivity index is 1.22. The van der Waals surface area contributed by atoms with Crippen LogP contribution >= 0.6 is 0 Å². The Labute approximate surface area is 312 Å². The number of allylic oxidation sites excluding steroid dienone is 1. The Hall–Kier alpha value is -4.67. The second kappa shape index (κ2) is 14.5. The number of pyridine rings is 1. The van der Waals surface area contributed by atoms with Crippen LogP contribution in [-0.2, 0) is 24.4 Å². The van der Waals surface area contributed by atoms with Crippen LogP contribution in [0.3, 0.4) is 0 Å². The first-order valence-electron chi connectivity index (χ1n) is 18.6. The van der Waals surface area contributed by atoms with Crippen molar-refractivity contribution in [2.45, 2.75) is 93.7 Å². The number of carbonyl (C=O) groups is 4. The van der Waals surface area contributed by atoms with Gasteiger partial charge in [-0.3, -0.25) is 19.1 Å². The smallest absolute Gasteiger partial charge is 0.405 e. The highest BCUT2D eigenvalue weighted by Crippen LogP contribution is 2.48. The lowest BCUT2D eigenvalue weighted by molar-refractivity contribution is -0.142. The zero-order valence-electron chi connectivity index (χ0n) is 30.2. The molecule has 2 saturated carbocycles. The number of carbonyl (C=O) groups excluding carboxylic acids is 3. The van der Waals surface area contributed by atoms with Gasteiger partial charge in [-0.25, -0.2) is 22.6 Å². The summed E-state index contributed by atoms with van der Waals surface area (Å²) in [5, 5.41) is 16.4. The molecule has 0 bridgehead atoms. The molecule has 7 rings (SSSR count). The average Bonchev–Trinajstić information content (AvgIpc) is 4.05. The lowest BCUT2D eigenvalue weighted by atomic mass is 9.85. The van der Waals surface area contributed by atoms with Crippen molar-refractivity contribution in [1.29, 1.82) is 0 Å². The number of hydrogen-bond donors (Lipinski definition) is 4. The van der Waals surface area contributed by atoms with Crippen molar-refractivity contribution < 1.29 is 51.3 Å². The van der Waals surface area contributed by atoms with E-state index in [4.69, 9.17) is 14.2 Å². The summed E-state index contributed by atoms with van der Waals surface area (Å²) in [6.45, 7) is 3.42. The maximum absolute atomic E-state index is 14.5. The lowest BCUT2D eigenvalue weighted by Crippen LogP contribution is -2.59. The molecule has 4 amide bonds. The maximum Gasteiger partial charge on any atom is 0.405 e. The van der Waals surface area contributed by atoms with E-state index in [0.717, 1.165) is 0 Å². The van der Waals surface area contributed by atoms with E-state index in [1.54, 1.807) is 30.5 Å². The largest absolute Gasteiger partial charge is 0.486 e. The van der Waals surface area contributed by atoms with Crippen LogP contribution in [0.5, 0.6) is 17.4 Å². The number of fused-ring (bicyclic) bond motifs is 5. The van der Waals surface area contributed by atoms with Crippen LogP contribution in [0.25, 0.3) is 10.8 Å². The van der Waals surface area contributed by atoms with Crippen LogP contribution in [0.1, 0.15) is 65.2 Å². The van der Waals surface area contributed by atoms with Gasteiger partial charge in [0.2, 0.25) is 27.7 Å². The summed E-state index contributed by atoms with van der Waals surface area (Å²) in [5.74, 6) is -1.85. The molecule has 0 spiro atoms. The molecule has 3 aliphatic heterocycles. The molecule has 0 radical (unpaired) electrons. The minimum Gasteiger partial charge on any atom is -0.486 e. The summed E-state index contributed by atoms with van der Waals surface area (Å²) in [5.41, 5.74) is -1.67. The van der Waals surface area contributed by atoms with E-state index < -0.39 is 80.8 Å². The third kappa shape index (κ3) is 7.02. The molecule has 3 fully saturated rings. The number of ether oxygens (including phenoxy) is 3. The van der Waals surface area contributed by atoms with Crippen LogP contribution in [0.15, 0.2) is 36.5 Å². The number of alkyl halides is 1. The summed E-state index contributed by atoms with van der Waals surface area (Å²) in [7, 11) is -4.39. The number of nitrogens with one attached hydrogen (secondary N) is 3. The Bertz CT molecular complexity index is 1970. The van der Waals surface area contributed by atoms with Crippen molar-refractivity contribution in [3.63, 3.8) is 0 Å². The first kappa shape index (κ1) is 37.6. The number of sulfonamides is 1. The van der Waals surface area contributed by atoms with Crippen molar-refractivity contribution in [3.8, 4) is 17.4 Å². The SMILES string of the molecule is CC[C@@H]1C[C@H](C)CC/C=C\[C@@H]2C[C@@]2(C(=O)NS(=O)(=O)C2(CF)CC2)NC(=O)[C@@H]2C[C@@H](Oc3nccc4c5c(ccc34)OCCO5)CN2C(=O)[C@H]1NC(=O)O. The number of aromatic nitrogens is 1. The van der Waals surface area contributed by atoms with Crippen LogP contribution < -0.4 is 29.6 Å². The van der Waals surface area contributed by atoms with Crippen LogP contribution in [0.4, 0.5) is 9.18 Å². The van der Waals surface area contributed by atoms with Crippen molar-refractivity contribution >= 4 is 44.6 Å². The second-order valence-electron chi connectivity index (χ2n) is 15.2. The molecule has 15 nitrogen and oxygen atoms in total. The molecular formula is C37H46FN5O10S. The number of hydrogen-bond acceptors (Lipinski definition) is 10. The third-order valence-corrected chi connectivity index (χ3v) is 13.7. The van der Waals surface area contributed by atoms with Crippen molar-refractivity contribution in [1.82, 2.24) is 25.2 Å². The second-order valence-corrected chi connectivity index (χ2v) is 17.3. The van der Waals surface area contributed by atoms with Gasteiger partial charge in [0.05, 0.1) is 6.54 Å². The fraction of sp³-hybridized carbons (Fsp3) is 0.595. The first-order chi connectivity index (χ1) is 25.8. The molecule has 17 heteroatoms. The van der Waals surface area contributed by atoms with E-state index in [9.17, 15) is 37.1 Å². The van der Waals surface area contributed by atoms with Crippen molar-refractivity contribution in [3.05, 3.63) is 36.5 Å². The van der Waals surface area contributed by atoms with Gasteiger partial charge >= 0.3 is 6.09 Å². The van der Waals surface area contributed by atoms with Gasteiger partial charge in [-0.05, 0) is 68.6 Å². The van der Waals surface area contributed by atoms with E-state index in [0.29, 0.717) is 61.2 Å². The Morgan fingerprint density at radius 2 is 1.93 bits per heavy atom. The molecule has 54 heavy (non-hydrogen) atoms. The van der Waals surface area contributed by atoms with Gasteiger partial charge in [-0.1, -0.05) is 32.4 Å². The Kier molecular flexibility index (Phi) is 10.1. The molecule has 292 valence electrons. The van der Waals surface area contributed by atoms with Gasteiger partial charge in [-0.2, -0.15) is 0 Å². The summed E-state index contributed by atoms with van der Waals surface area (Å²) >= 11 is 0. The molecule has 1 aromatic carbocycles. The zero-order valence-corrected chi connectivity index (χ0v) is 31.0. The van der Waals surface area contributed by atoms with Crippen molar-refractivity contribution in [2.24, 2.45) is 17.8 Å². The predicted octanol–water partition coefficient (Wildman–Crippen LogP) is 3.22. The van der Waals surface area contributed by atoms with Gasteiger partial charge in [0.25, 0.3) is 5.91 Å².